The van der Waals surface area contributed by atoms with Crippen LogP contribution >= 0.6 is 0 Å². The molecule has 3 rings (SSSR count). The van der Waals surface area contributed by atoms with Crippen molar-refractivity contribution in [3.8, 4) is 0 Å². The van der Waals surface area contributed by atoms with E-state index in [9.17, 15) is 4.79 Å². The van der Waals surface area contributed by atoms with E-state index >= 15 is 0 Å². The van der Waals surface area contributed by atoms with Gasteiger partial charge in [-0.25, -0.2) is 0 Å². The molecule has 0 saturated carbocycles. The number of carbonyl (C=O) groups is 1. The van der Waals surface area contributed by atoms with Crippen molar-refractivity contribution in [2.45, 2.75) is 12.2 Å². The molecule has 5 nitrogen and oxygen atoms in total. The van der Waals surface area contributed by atoms with Gasteiger partial charge in [0.15, 0.2) is 0 Å². The Balaban J connectivity index is 1.95. The molecule has 108 valence electrons. The van der Waals surface area contributed by atoms with E-state index in [1.54, 1.807) is 0 Å². The summed E-state index contributed by atoms with van der Waals surface area (Å²) in [6.07, 6.45) is 0.275. The number of nitrogens with zero attached hydrogens (tertiary/aromatic N) is 1. The Kier molecular flexibility index (Phi) is 3.78. The summed E-state index contributed by atoms with van der Waals surface area (Å²) in [4.78, 5) is 14.0. The Bertz CT molecular complexity index is 471. The molecule has 0 bridgehead atoms. The monoisotopic (exact) mass is 276 g/mol. The molecule has 1 unspecified atom stereocenters. The van der Waals surface area contributed by atoms with Gasteiger partial charge in [0.2, 0.25) is 0 Å². The zero-order valence-electron chi connectivity index (χ0n) is 11.7. The van der Waals surface area contributed by atoms with E-state index < -0.39 is 6.69 Å². The predicted molar refractivity (Wildman–Crippen MR) is 75.0 cm³/mol. The minimum atomic E-state index is -1.58. The summed E-state index contributed by atoms with van der Waals surface area (Å²) in [6, 6.07) is 9.95. The van der Waals surface area contributed by atoms with Crippen molar-refractivity contribution in [1.82, 2.24) is 4.81 Å². The summed E-state index contributed by atoms with van der Waals surface area (Å²) in [6.45, 7) is 1.47. The molecule has 1 aromatic carbocycles. The Morgan fingerprint density at radius 1 is 1.30 bits per heavy atom. The highest BCUT2D eigenvalue weighted by Gasteiger charge is 2.49. The molecule has 1 atom stereocenters. The Morgan fingerprint density at radius 2 is 1.95 bits per heavy atom. The van der Waals surface area contributed by atoms with Crippen LogP contribution in [0.5, 0.6) is 0 Å². The highest BCUT2D eigenvalue weighted by molar-refractivity contribution is 6.67. The normalized spacial score (nSPS) is 22.4. The van der Waals surface area contributed by atoms with E-state index in [1.165, 1.54) is 7.11 Å². The second-order valence-corrected chi connectivity index (χ2v) is 5.30. The molecule has 0 aromatic heterocycles. The van der Waals surface area contributed by atoms with Crippen molar-refractivity contribution in [3.63, 3.8) is 0 Å². The number of methoxy groups -OCH3 is 1. The highest BCUT2D eigenvalue weighted by atomic mass is 16.6. The number of esters is 1. The molecule has 2 fully saturated rings. The Labute approximate surface area is 118 Å². The van der Waals surface area contributed by atoms with E-state index in [1.807, 2.05) is 30.3 Å². The summed E-state index contributed by atoms with van der Waals surface area (Å²) in [5.74, 6) is -0.352. The fourth-order valence-electron chi connectivity index (χ4n) is 3.37. The molecule has 2 heterocycles. The molecule has 0 spiro atoms. The van der Waals surface area contributed by atoms with Gasteiger partial charge in [-0.15, -0.1) is 0 Å². The van der Waals surface area contributed by atoms with Gasteiger partial charge >= 0.3 is 12.7 Å². The zero-order chi connectivity index (χ0) is 14.0. The number of carbonyl (C=O) groups excluding carboxylic acids is 1. The van der Waals surface area contributed by atoms with Crippen LogP contribution in [0.2, 0.25) is 0 Å². The number of hydrogen-bond donors (Lipinski definition) is 0. The predicted octanol–water partition coefficient (Wildman–Crippen LogP) is 1.17. The largest absolute Gasteiger partial charge is 0.554 e. The Hall–Kier alpha value is -1.37. The smallest absolute Gasteiger partial charge is 0.325 e. The first kappa shape index (κ1) is 13.6. The van der Waals surface area contributed by atoms with Gasteiger partial charge < -0.3 is 18.9 Å². The standard InChI is InChI=1S/C14H19BNO4/c1-18-14(17)11-13(12-5-3-2-4-6-12)15-16(7-9-19-15)8-10-20-15/h2-6,13H,7-11H2,1H3/q-1. The van der Waals surface area contributed by atoms with Crippen LogP contribution in [-0.4, -0.2) is 50.9 Å². The average molecular weight is 276 g/mol. The number of ether oxygens (including phenoxy) is 1. The van der Waals surface area contributed by atoms with Crippen LogP contribution in [0.25, 0.3) is 0 Å². The average Bonchev–Trinajstić information content (AvgIpc) is 3.05. The molecule has 2 aliphatic heterocycles. The zero-order valence-corrected chi connectivity index (χ0v) is 11.7. The first-order chi connectivity index (χ1) is 9.76. The topological polar surface area (TPSA) is 48.0 Å². The fraction of sp³-hybridized carbons (Fsp3) is 0.500. The summed E-state index contributed by atoms with van der Waals surface area (Å²) >= 11 is 0. The fourth-order valence-corrected chi connectivity index (χ4v) is 3.37. The third kappa shape index (κ3) is 2.24. The molecule has 2 aliphatic rings. The van der Waals surface area contributed by atoms with Gasteiger partial charge in [-0.3, -0.25) is 4.79 Å². The maximum atomic E-state index is 11.8. The summed E-state index contributed by atoms with van der Waals surface area (Å²) < 4.78 is 16.8. The molecule has 1 aromatic rings. The van der Waals surface area contributed by atoms with Gasteiger partial charge in [0.1, 0.15) is 0 Å². The lowest BCUT2D eigenvalue weighted by Gasteiger charge is -2.43. The first-order valence-electron chi connectivity index (χ1n) is 7.05. The summed E-state index contributed by atoms with van der Waals surface area (Å²) in [5.41, 5.74) is 1.06. The molecule has 0 aliphatic carbocycles. The number of rotatable bonds is 4. The molecule has 0 amide bonds. The minimum absolute atomic E-state index is 0.117. The van der Waals surface area contributed by atoms with Crippen molar-refractivity contribution in [3.05, 3.63) is 35.9 Å². The van der Waals surface area contributed by atoms with Gasteiger partial charge in [-0.1, -0.05) is 41.7 Å². The molecule has 20 heavy (non-hydrogen) atoms. The lowest BCUT2D eigenvalue weighted by atomic mass is 9.54. The van der Waals surface area contributed by atoms with Crippen molar-refractivity contribution >= 4 is 12.7 Å². The number of fused-ring (bicyclic) bond motifs is 1. The third-order valence-corrected chi connectivity index (χ3v) is 4.33. The molecular weight excluding hydrogens is 257 g/mol. The van der Waals surface area contributed by atoms with Crippen molar-refractivity contribution in [2.24, 2.45) is 0 Å². The molecule has 6 heteroatoms. The van der Waals surface area contributed by atoms with Gasteiger partial charge in [-0.05, 0) is 13.1 Å². The van der Waals surface area contributed by atoms with Crippen LogP contribution in [0, 0.1) is 0 Å². The number of benzene rings is 1. The van der Waals surface area contributed by atoms with Crippen molar-refractivity contribution in [1.29, 1.82) is 0 Å². The second kappa shape index (κ2) is 5.56. The van der Waals surface area contributed by atoms with E-state index in [0.717, 1.165) is 18.7 Å². The van der Waals surface area contributed by atoms with E-state index in [4.69, 9.17) is 14.0 Å². The van der Waals surface area contributed by atoms with Crippen LogP contribution in [0.4, 0.5) is 0 Å². The first-order valence-corrected chi connectivity index (χ1v) is 7.05. The van der Waals surface area contributed by atoms with Crippen LogP contribution in [0.1, 0.15) is 17.8 Å². The van der Waals surface area contributed by atoms with Gasteiger partial charge in [0.25, 0.3) is 0 Å². The van der Waals surface area contributed by atoms with E-state index in [2.05, 4.69) is 4.81 Å². The lowest BCUT2D eigenvalue weighted by Crippen LogP contribution is -2.53. The van der Waals surface area contributed by atoms with E-state index in [-0.39, 0.29) is 18.2 Å². The van der Waals surface area contributed by atoms with Crippen LogP contribution < -0.4 is 0 Å². The van der Waals surface area contributed by atoms with Crippen LogP contribution in [-0.2, 0) is 18.8 Å². The van der Waals surface area contributed by atoms with Crippen LogP contribution in [0.3, 0.4) is 0 Å². The van der Waals surface area contributed by atoms with Crippen molar-refractivity contribution in [2.75, 3.05) is 33.4 Å². The minimum Gasteiger partial charge on any atom is -0.554 e. The molecule has 0 N–H and O–H groups in total. The summed E-state index contributed by atoms with van der Waals surface area (Å²) in [5, 5.41) is 0. The van der Waals surface area contributed by atoms with Gasteiger partial charge in [0, 0.05) is 19.6 Å². The third-order valence-electron chi connectivity index (χ3n) is 4.33. The Morgan fingerprint density at radius 3 is 2.55 bits per heavy atom. The molecular formula is C14H19BNO4-. The molecule has 2 saturated heterocycles. The van der Waals surface area contributed by atoms with Crippen LogP contribution in [0.15, 0.2) is 30.3 Å². The quantitative estimate of drug-likeness (QED) is 0.610. The molecule has 0 radical (unpaired) electrons. The van der Waals surface area contributed by atoms with Crippen molar-refractivity contribution < 1.29 is 18.8 Å². The second-order valence-electron chi connectivity index (χ2n) is 5.30. The van der Waals surface area contributed by atoms with Gasteiger partial charge in [0.05, 0.1) is 7.11 Å². The van der Waals surface area contributed by atoms with E-state index in [0.29, 0.717) is 13.2 Å². The number of hydrogen-bond acceptors (Lipinski definition) is 5. The maximum Gasteiger partial charge on any atom is 0.325 e. The lowest BCUT2D eigenvalue weighted by molar-refractivity contribution is -0.140. The summed E-state index contributed by atoms with van der Waals surface area (Å²) in [7, 11) is 1.41. The highest BCUT2D eigenvalue weighted by Crippen LogP contribution is 2.39. The SMILES string of the molecule is COC(=O)CC(c1ccccc1)[B-]12OCCN1CCO2. The van der Waals surface area contributed by atoms with Gasteiger partial charge in [-0.2, -0.15) is 0 Å². The maximum absolute atomic E-state index is 11.8.